The third-order valence-corrected chi connectivity index (χ3v) is 5.93. The average molecular weight is 419 g/mol. The molecule has 0 aliphatic carbocycles. The molecule has 1 aliphatic heterocycles. The SMILES string of the molecule is C=C(N=C(C(C)CC)C1CN(C(=N)N)C1)c1ccc(OCCCc2ccccc2)cc1. The van der Waals surface area contributed by atoms with Crippen LogP contribution in [0.15, 0.2) is 66.2 Å². The van der Waals surface area contributed by atoms with Gasteiger partial charge >= 0.3 is 0 Å². The number of rotatable bonds is 10. The first-order chi connectivity index (χ1) is 15.0. The Morgan fingerprint density at radius 2 is 1.87 bits per heavy atom. The molecule has 0 saturated carbocycles. The Labute approximate surface area is 186 Å². The lowest BCUT2D eigenvalue weighted by Gasteiger charge is -2.41. The Bertz CT molecular complexity index is 899. The van der Waals surface area contributed by atoms with E-state index in [9.17, 15) is 0 Å². The Balaban J connectivity index is 1.54. The number of ether oxygens (including phenoxy) is 1. The third kappa shape index (κ3) is 6.20. The van der Waals surface area contributed by atoms with E-state index in [4.69, 9.17) is 20.9 Å². The largest absolute Gasteiger partial charge is 0.494 e. The fourth-order valence-electron chi connectivity index (χ4n) is 3.75. The van der Waals surface area contributed by atoms with Crippen molar-refractivity contribution >= 4 is 17.4 Å². The highest BCUT2D eigenvalue weighted by Gasteiger charge is 2.33. The van der Waals surface area contributed by atoms with Crippen molar-refractivity contribution in [2.24, 2.45) is 22.6 Å². The van der Waals surface area contributed by atoms with Crippen LogP contribution in [0.3, 0.4) is 0 Å². The molecule has 1 atom stereocenters. The van der Waals surface area contributed by atoms with E-state index >= 15 is 0 Å². The van der Waals surface area contributed by atoms with E-state index in [1.807, 2.05) is 35.2 Å². The minimum absolute atomic E-state index is 0.137. The van der Waals surface area contributed by atoms with Crippen LogP contribution in [0, 0.1) is 17.2 Å². The second-order valence-electron chi connectivity index (χ2n) is 8.24. The molecule has 1 heterocycles. The summed E-state index contributed by atoms with van der Waals surface area (Å²) in [4.78, 5) is 6.79. The van der Waals surface area contributed by atoms with Gasteiger partial charge in [0.2, 0.25) is 0 Å². The van der Waals surface area contributed by atoms with Crippen molar-refractivity contribution in [3.8, 4) is 5.75 Å². The standard InChI is InChI=1S/C26H34N4O/c1-4-19(2)25(23-17-30(18-23)26(27)28)29-20(3)22-12-14-24(15-13-22)31-16-8-11-21-9-6-5-7-10-21/h5-7,9-10,12-15,19,23H,3-4,8,11,16-18H2,1-2H3,(H3,27,28). The van der Waals surface area contributed by atoms with E-state index in [-0.39, 0.29) is 5.96 Å². The molecule has 1 saturated heterocycles. The van der Waals surface area contributed by atoms with E-state index < -0.39 is 0 Å². The van der Waals surface area contributed by atoms with Crippen LogP contribution >= 0.6 is 0 Å². The highest BCUT2D eigenvalue weighted by Crippen LogP contribution is 2.26. The van der Waals surface area contributed by atoms with E-state index in [0.717, 1.165) is 55.1 Å². The van der Waals surface area contributed by atoms with Crippen molar-refractivity contribution in [1.82, 2.24) is 4.90 Å². The molecule has 164 valence electrons. The summed E-state index contributed by atoms with van der Waals surface area (Å²) in [5.41, 5.74) is 9.86. The molecule has 3 rings (SSSR count). The Hall–Kier alpha value is -3.08. The molecule has 2 aromatic rings. The maximum Gasteiger partial charge on any atom is 0.188 e. The first-order valence-corrected chi connectivity index (χ1v) is 11.1. The summed E-state index contributed by atoms with van der Waals surface area (Å²) in [6, 6.07) is 18.5. The van der Waals surface area contributed by atoms with Crippen LogP contribution in [0.4, 0.5) is 0 Å². The van der Waals surface area contributed by atoms with Gasteiger partial charge in [-0.2, -0.15) is 0 Å². The van der Waals surface area contributed by atoms with Gasteiger partial charge in [0.25, 0.3) is 0 Å². The van der Waals surface area contributed by atoms with Gasteiger partial charge in [-0.3, -0.25) is 10.4 Å². The van der Waals surface area contributed by atoms with E-state index in [1.54, 1.807) is 0 Å². The lowest BCUT2D eigenvalue weighted by Crippen LogP contribution is -2.56. The summed E-state index contributed by atoms with van der Waals surface area (Å²) in [5.74, 6) is 1.72. The number of aliphatic imine (C=N–C) groups is 1. The molecule has 0 amide bonds. The smallest absolute Gasteiger partial charge is 0.188 e. The monoisotopic (exact) mass is 418 g/mol. The lowest BCUT2D eigenvalue weighted by molar-refractivity contribution is 0.236. The van der Waals surface area contributed by atoms with Gasteiger partial charge in [-0.05, 0) is 60.6 Å². The quantitative estimate of drug-likeness (QED) is 0.325. The van der Waals surface area contributed by atoms with Crippen molar-refractivity contribution < 1.29 is 4.74 Å². The summed E-state index contributed by atoms with van der Waals surface area (Å²) in [5, 5.41) is 7.57. The van der Waals surface area contributed by atoms with Gasteiger partial charge in [0.15, 0.2) is 5.96 Å². The zero-order chi connectivity index (χ0) is 22.2. The van der Waals surface area contributed by atoms with Crippen LogP contribution in [0.1, 0.15) is 37.8 Å². The molecule has 1 aliphatic rings. The first-order valence-electron chi connectivity index (χ1n) is 11.1. The number of likely N-dealkylation sites (tertiary alicyclic amines) is 1. The molecule has 5 nitrogen and oxygen atoms in total. The van der Waals surface area contributed by atoms with Crippen LogP contribution in [0.25, 0.3) is 5.70 Å². The number of guanidine groups is 1. The predicted molar refractivity (Wildman–Crippen MR) is 130 cm³/mol. The molecule has 0 bridgehead atoms. The van der Waals surface area contributed by atoms with Crippen LogP contribution in [0.2, 0.25) is 0 Å². The summed E-state index contributed by atoms with van der Waals surface area (Å²) < 4.78 is 5.90. The van der Waals surface area contributed by atoms with Gasteiger partial charge in [0.05, 0.1) is 12.3 Å². The molecule has 1 unspecified atom stereocenters. The molecule has 1 fully saturated rings. The molecular formula is C26H34N4O. The Morgan fingerprint density at radius 1 is 1.19 bits per heavy atom. The van der Waals surface area contributed by atoms with Crippen molar-refractivity contribution in [1.29, 1.82) is 5.41 Å². The minimum atomic E-state index is 0.137. The number of aryl methyl sites for hydroxylation is 1. The normalized spacial score (nSPS) is 15.3. The third-order valence-electron chi connectivity index (χ3n) is 5.93. The average Bonchev–Trinajstić information content (AvgIpc) is 2.75. The Morgan fingerprint density at radius 3 is 2.48 bits per heavy atom. The number of nitrogens with two attached hydrogens (primary N) is 1. The van der Waals surface area contributed by atoms with Crippen LogP contribution in [-0.2, 0) is 6.42 Å². The van der Waals surface area contributed by atoms with Crippen LogP contribution in [0.5, 0.6) is 5.75 Å². The second kappa shape index (κ2) is 10.8. The molecule has 0 aromatic heterocycles. The van der Waals surface area contributed by atoms with E-state index in [0.29, 0.717) is 18.4 Å². The number of nitrogens with zero attached hydrogens (tertiary/aromatic N) is 2. The molecule has 5 heteroatoms. The zero-order valence-corrected chi connectivity index (χ0v) is 18.7. The minimum Gasteiger partial charge on any atom is -0.494 e. The molecule has 2 aromatic carbocycles. The van der Waals surface area contributed by atoms with Gasteiger partial charge in [0.1, 0.15) is 5.75 Å². The number of benzene rings is 2. The topological polar surface area (TPSA) is 74.7 Å². The summed E-state index contributed by atoms with van der Waals surface area (Å²) in [6.07, 6.45) is 3.03. The van der Waals surface area contributed by atoms with E-state index in [1.165, 1.54) is 5.56 Å². The van der Waals surface area contributed by atoms with Crippen LogP contribution in [-0.4, -0.2) is 36.3 Å². The number of hydrogen-bond acceptors (Lipinski definition) is 3. The lowest BCUT2D eigenvalue weighted by atomic mass is 9.85. The highest BCUT2D eigenvalue weighted by atomic mass is 16.5. The first kappa shape index (κ1) is 22.6. The zero-order valence-electron chi connectivity index (χ0n) is 18.7. The molecule has 3 N–H and O–H groups in total. The van der Waals surface area contributed by atoms with Gasteiger partial charge in [-0.25, -0.2) is 0 Å². The molecular weight excluding hydrogens is 384 g/mol. The van der Waals surface area contributed by atoms with Crippen molar-refractivity contribution in [2.45, 2.75) is 33.1 Å². The fraction of sp³-hybridized carbons (Fsp3) is 0.385. The maximum absolute atomic E-state index is 7.57. The molecule has 0 radical (unpaired) electrons. The van der Waals surface area contributed by atoms with Gasteiger partial charge in [0, 0.05) is 24.7 Å². The van der Waals surface area contributed by atoms with Gasteiger partial charge < -0.3 is 15.4 Å². The summed E-state index contributed by atoms with van der Waals surface area (Å²) in [6.45, 7) is 10.8. The number of nitrogens with one attached hydrogen (secondary N) is 1. The fourth-order valence-corrected chi connectivity index (χ4v) is 3.75. The summed E-state index contributed by atoms with van der Waals surface area (Å²) in [7, 11) is 0. The van der Waals surface area contributed by atoms with Gasteiger partial charge in [-0.15, -0.1) is 0 Å². The predicted octanol–water partition coefficient (Wildman–Crippen LogP) is 4.98. The molecule has 31 heavy (non-hydrogen) atoms. The van der Waals surface area contributed by atoms with Crippen molar-refractivity contribution in [3.05, 3.63) is 72.3 Å². The second-order valence-corrected chi connectivity index (χ2v) is 8.24. The number of hydrogen-bond donors (Lipinski definition) is 2. The molecule has 0 spiro atoms. The van der Waals surface area contributed by atoms with Crippen LogP contribution < -0.4 is 10.5 Å². The van der Waals surface area contributed by atoms with Crippen molar-refractivity contribution in [3.63, 3.8) is 0 Å². The van der Waals surface area contributed by atoms with E-state index in [2.05, 4.69) is 44.7 Å². The summed E-state index contributed by atoms with van der Waals surface area (Å²) >= 11 is 0. The highest BCUT2D eigenvalue weighted by molar-refractivity contribution is 5.95. The Kier molecular flexibility index (Phi) is 7.88. The maximum atomic E-state index is 7.57. The van der Waals surface area contributed by atoms with Crippen molar-refractivity contribution in [2.75, 3.05) is 19.7 Å². The van der Waals surface area contributed by atoms with Gasteiger partial charge in [-0.1, -0.05) is 50.8 Å².